The van der Waals surface area contributed by atoms with E-state index in [1.807, 2.05) is 31.6 Å². The Morgan fingerprint density at radius 1 is 1.14 bits per heavy atom. The fourth-order valence-corrected chi connectivity index (χ4v) is 5.88. The zero-order chi connectivity index (χ0) is 30.1. The summed E-state index contributed by atoms with van der Waals surface area (Å²) in [7, 11) is 0. The zero-order valence-electron chi connectivity index (χ0n) is 24.9. The highest BCUT2D eigenvalue weighted by atomic mass is 32.2. The third-order valence-electron chi connectivity index (χ3n) is 8.01. The van der Waals surface area contributed by atoms with Crippen molar-refractivity contribution in [2.75, 3.05) is 18.9 Å². The number of hydrogen-bond donors (Lipinski definition) is 4. The Labute approximate surface area is 258 Å². The van der Waals surface area contributed by atoms with Crippen molar-refractivity contribution >= 4 is 17.7 Å². The van der Waals surface area contributed by atoms with Gasteiger partial charge in [0.2, 0.25) is 5.91 Å². The summed E-state index contributed by atoms with van der Waals surface area (Å²) >= 11 is 1.57. The first-order chi connectivity index (χ1) is 21.0. The SMILES string of the molecule is Cc1cnc(SCCCC(=O)NCCCCC(O)CO)nc1CNC1(c2cnccc2-c2ccccc2OC2CC2)CC1. The third kappa shape index (κ3) is 8.98. The van der Waals surface area contributed by atoms with E-state index in [2.05, 4.69) is 44.9 Å². The number of unbranched alkanes of at least 4 members (excludes halogenated alkanes) is 1. The van der Waals surface area contributed by atoms with Crippen LogP contribution >= 0.6 is 11.8 Å². The molecule has 230 valence electrons. The Morgan fingerprint density at radius 2 is 1.98 bits per heavy atom. The number of aliphatic hydroxyl groups excluding tert-OH is 2. The first kappa shape index (κ1) is 31.4. The number of hydrogen-bond acceptors (Lipinski definition) is 9. The molecule has 2 aliphatic carbocycles. The van der Waals surface area contributed by atoms with Crippen LogP contribution in [0, 0.1) is 6.92 Å². The van der Waals surface area contributed by atoms with Gasteiger partial charge in [-0.1, -0.05) is 30.0 Å². The second-order valence-corrected chi connectivity index (χ2v) is 12.6. The smallest absolute Gasteiger partial charge is 0.220 e. The Bertz CT molecular complexity index is 1360. The molecule has 0 radical (unpaired) electrons. The summed E-state index contributed by atoms with van der Waals surface area (Å²) < 4.78 is 6.25. The number of aryl methyl sites for hydroxylation is 1. The van der Waals surface area contributed by atoms with Crippen molar-refractivity contribution in [2.45, 2.75) is 94.2 Å². The molecule has 2 aromatic heterocycles. The Morgan fingerprint density at radius 3 is 2.77 bits per heavy atom. The first-order valence-corrected chi connectivity index (χ1v) is 16.4. The van der Waals surface area contributed by atoms with Crippen LogP contribution in [0.2, 0.25) is 0 Å². The lowest BCUT2D eigenvalue weighted by Gasteiger charge is -2.22. The van der Waals surface area contributed by atoms with Crippen molar-refractivity contribution in [2.24, 2.45) is 0 Å². The summed E-state index contributed by atoms with van der Waals surface area (Å²) in [5, 5.41) is 25.7. The lowest BCUT2D eigenvalue weighted by atomic mass is 9.94. The van der Waals surface area contributed by atoms with E-state index in [9.17, 15) is 9.90 Å². The number of para-hydroxylation sites is 1. The first-order valence-electron chi connectivity index (χ1n) is 15.4. The summed E-state index contributed by atoms with van der Waals surface area (Å²) in [4.78, 5) is 26.0. The number of carbonyl (C=O) groups is 1. The number of carbonyl (C=O) groups excluding carboxylic acids is 1. The van der Waals surface area contributed by atoms with Crippen molar-refractivity contribution in [1.29, 1.82) is 0 Å². The van der Waals surface area contributed by atoms with Gasteiger partial charge in [-0.15, -0.1) is 0 Å². The monoisotopic (exact) mass is 605 g/mol. The second-order valence-electron chi connectivity index (χ2n) is 11.6. The molecule has 2 fully saturated rings. The van der Waals surface area contributed by atoms with E-state index in [0.29, 0.717) is 32.0 Å². The number of pyridine rings is 1. The predicted molar refractivity (Wildman–Crippen MR) is 168 cm³/mol. The molecule has 2 aliphatic rings. The van der Waals surface area contributed by atoms with E-state index >= 15 is 0 Å². The summed E-state index contributed by atoms with van der Waals surface area (Å²) in [6.45, 7) is 3.05. The van der Waals surface area contributed by atoms with E-state index in [0.717, 1.165) is 84.0 Å². The Kier molecular flexibility index (Phi) is 11.0. The number of ether oxygens (including phenoxy) is 1. The van der Waals surface area contributed by atoms with Gasteiger partial charge < -0.3 is 25.6 Å². The van der Waals surface area contributed by atoms with Crippen LogP contribution in [0.1, 0.15) is 74.6 Å². The minimum Gasteiger partial charge on any atom is -0.490 e. The molecule has 1 amide bonds. The minimum atomic E-state index is -0.670. The number of benzene rings is 1. The van der Waals surface area contributed by atoms with Gasteiger partial charge in [0.25, 0.3) is 0 Å². The molecular weight excluding hydrogens is 562 g/mol. The number of nitrogens with one attached hydrogen (secondary N) is 2. The number of rotatable bonds is 18. The summed E-state index contributed by atoms with van der Waals surface area (Å²) in [6, 6.07) is 10.4. The lowest BCUT2D eigenvalue weighted by molar-refractivity contribution is -0.121. The number of aliphatic hydroxyl groups is 2. The second kappa shape index (κ2) is 15.1. The van der Waals surface area contributed by atoms with Crippen molar-refractivity contribution in [3.05, 3.63) is 65.7 Å². The summed E-state index contributed by atoms with van der Waals surface area (Å²) in [6.07, 6.45) is 13.0. The quantitative estimate of drug-likeness (QED) is 0.0928. The molecule has 1 atom stereocenters. The third-order valence-corrected chi connectivity index (χ3v) is 8.95. The number of nitrogens with zero attached hydrogens (tertiary/aromatic N) is 3. The summed E-state index contributed by atoms with van der Waals surface area (Å²) in [5.41, 5.74) is 5.36. The van der Waals surface area contributed by atoms with Crippen LogP contribution in [-0.4, -0.2) is 62.2 Å². The van der Waals surface area contributed by atoms with Gasteiger partial charge in [-0.05, 0) is 87.1 Å². The van der Waals surface area contributed by atoms with Gasteiger partial charge in [-0.3, -0.25) is 9.78 Å². The van der Waals surface area contributed by atoms with E-state index in [1.165, 1.54) is 5.56 Å². The maximum absolute atomic E-state index is 12.1. The van der Waals surface area contributed by atoms with Crippen molar-refractivity contribution in [1.82, 2.24) is 25.6 Å². The van der Waals surface area contributed by atoms with Gasteiger partial charge in [0.1, 0.15) is 5.75 Å². The Balaban J connectivity index is 1.12. The maximum atomic E-state index is 12.1. The van der Waals surface area contributed by atoms with E-state index < -0.39 is 6.10 Å². The van der Waals surface area contributed by atoms with Crippen LogP contribution in [0.3, 0.4) is 0 Å². The summed E-state index contributed by atoms with van der Waals surface area (Å²) in [5.74, 6) is 1.73. The van der Waals surface area contributed by atoms with E-state index in [-0.39, 0.29) is 18.1 Å². The Hall–Kier alpha value is -3.05. The lowest BCUT2D eigenvalue weighted by Crippen LogP contribution is -2.30. The number of amides is 1. The molecule has 9 nitrogen and oxygen atoms in total. The average Bonchev–Trinajstić information content (AvgIpc) is 3.97. The van der Waals surface area contributed by atoms with E-state index in [1.54, 1.807) is 11.8 Å². The highest BCUT2D eigenvalue weighted by Crippen LogP contribution is 2.50. The molecule has 4 N–H and O–H groups in total. The molecule has 2 heterocycles. The van der Waals surface area contributed by atoms with Crippen LogP contribution in [0.15, 0.2) is 54.1 Å². The largest absolute Gasteiger partial charge is 0.490 e. The normalized spacial score (nSPS) is 16.1. The van der Waals surface area contributed by atoms with Crippen LogP contribution in [0.4, 0.5) is 0 Å². The molecule has 3 aromatic rings. The molecule has 5 rings (SSSR count). The fraction of sp³-hybridized carbons (Fsp3) is 0.515. The van der Waals surface area contributed by atoms with Gasteiger partial charge in [0.15, 0.2) is 5.16 Å². The standard InChI is InChI=1S/C33H43N5O4S/c1-23-19-36-32(43-18-6-10-31(41)35-16-5-4-7-24(40)22-39)38-29(23)21-37-33(14-15-33)28-20-34-17-13-26(28)27-8-2-3-9-30(27)42-25-11-12-25/h2-3,8-9,13,17,19-20,24-25,37,39-40H,4-7,10-12,14-16,18,21-22H2,1H3,(H,35,41). The zero-order valence-corrected chi connectivity index (χ0v) is 25.7. The highest BCUT2D eigenvalue weighted by Gasteiger charge is 2.46. The van der Waals surface area contributed by atoms with Crippen molar-refractivity contribution in [3.8, 4) is 16.9 Å². The highest BCUT2D eigenvalue weighted by molar-refractivity contribution is 7.99. The molecule has 0 bridgehead atoms. The number of thioether (sulfide) groups is 1. The predicted octanol–water partition coefficient (Wildman–Crippen LogP) is 4.68. The molecule has 0 spiro atoms. The van der Waals surface area contributed by atoms with Gasteiger partial charge in [0.05, 0.1) is 24.5 Å². The molecular formula is C33H43N5O4S. The van der Waals surface area contributed by atoms with E-state index in [4.69, 9.17) is 14.8 Å². The average molecular weight is 606 g/mol. The molecule has 0 saturated heterocycles. The van der Waals surface area contributed by atoms with Crippen LogP contribution in [0.25, 0.3) is 11.1 Å². The molecule has 1 aromatic carbocycles. The van der Waals surface area contributed by atoms with Crippen LogP contribution < -0.4 is 15.4 Å². The fourth-order valence-electron chi connectivity index (χ4n) is 5.10. The van der Waals surface area contributed by atoms with Gasteiger partial charge >= 0.3 is 0 Å². The van der Waals surface area contributed by atoms with Gasteiger partial charge in [-0.25, -0.2) is 9.97 Å². The molecule has 0 aliphatic heterocycles. The molecule has 43 heavy (non-hydrogen) atoms. The van der Waals surface area contributed by atoms with Crippen LogP contribution in [0.5, 0.6) is 5.75 Å². The molecule has 1 unspecified atom stereocenters. The molecule has 2 saturated carbocycles. The maximum Gasteiger partial charge on any atom is 0.220 e. The van der Waals surface area contributed by atoms with Crippen molar-refractivity contribution in [3.63, 3.8) is 0 Å². The molecule has 10 heteroatoms. The van der Waals surface area contributed by atoms with Crippen molar-refractivity contribution < 1.29 is 19.7 Å². The van der Waals surface area contributed by atoms with Gasteiger partial charge in [-0.2, -0.15) is 0 Å². The number of aromatic nitrogens is 3. The van der Waals surface area contributed by atoms with Crippen LogP contribution in [-0.2, 0) is 16.9 Å². The topological polar surface area (TPSA) is 129 Å². The minimum absolute atomic E-state index is 0.0317. The van der Waals surface area contributed by atoms with Gasteiger partial charge in [0, 0.05) is 55.0 Å².